The van der Waals surface area contributed by atoms with Gasteiger partial charge in [0.05, 0.1) is 13.2 Å². The second-order valence-corrected chi connectivity index (χ2v) is 8.09. The lowest BCUT2D eigenvalue weighted by Gasteiger charge is -2.14. The molecule has 0 aliphatic heterocycles. The van der Waals surface area contributed by atoms with Gasteiger partial charge in [0.2, 0.25) is 0 Å². The quantitative estimate of drug-likeness (QED) is 0.336. The molecule has 0 bridgehead atoms. The van der Waals surface area contributed by atoms with E-state index in [-0.39, 0.29) is 17.4 Å². The van der Waals surface area contributed by atoms with Crippen molar-refractivity contribution in [3.63, 3.8) is 0 Å². The van der Waals surface area contributed by atoms with Crippen LogP contribution in [-0.2, 0) is 11.3 Å². The smallest absolute Gasteiger partial charge is 0.258 e. The van der Waals surface area contributed by atoms with Gasteiger partial charge in [-0.2, -0.15) is 0 Å². The maximum Gasteiger partial charge on any atom is 0.258 e. The zero-order valence-corrected chi connectivity index (χ0v) is 17.7. The van der Waals surface area contributed by atoms with Crippen LogP contribution in [0.3, 0.4) is 0 Å². The molecular formula is C27H24FNO3. The van der Waals surface area contributed by atoms with Gasteiger partial charge in [-0.25, -0.2) is 4.39 Å². The van der Waals surface area contributed by atoms with Gasteiger partial charge in [0.15, 0.2) is 0 Å². The fourth-order valence-electron chi connectivity index (χ4n) is 3.92. The summed E-state index contributed by atoms with van der Waals surface area (Å²) in [6, 6.07) is 22.2. The van der Waals surface area contributed by atoms with Crippen molar-refractivity contribution in [1.29, 1.82) is 0 Å². The molecule has 3 aromatic carbocycles. The summed E-state index contributed by atoms with van der Waals surface area (Å²) in [5.74, 6) is 0.352. The molecule has 0 radical (unpaired) electrons. The molecule has 0 spiro atoms. The summed E-state index contributed by atoms with van der Waals surface area (Å²) in [6.07, 6.45) is 3.86. The Morgan fingerprint density at radius 3 is 2.53 bits per heavy atom. The van der Waals surface area contributed by atoms with Gasteiger partial charge in [0.25, 0.3) is 5.56 Å². The molecule has 0 saturated heterocycles. The Morgan fingerprint density at radius 2 is 1.75 bits per heavy atom. The lowest BCUT2D eigenvalue weighted by molar-refractivity contribution is 0.0890. The van der Waals surface area contributed by atoms with E-state index in [9.17, 15) is 9.18 Å². The second-order valence-electron chi connectivity index (χ2n) is 8.09. The molecule has 4 aromatic rings. The van der Waals surface area contributed by atoms with Crippen LogP contribution in [0.4, 0.5) is 4.39 Å². The van der Waals surface area contributed by atoms with E-state index in [2.05, 4.69) is 0 Å². The van der Waals surface area contributed by atoms with Crippen molar-refractivity contribution < 1.29 is 13.9 Å². The number of ether oxygens (including phenoxy) is 2. The van der Waals surface area contributed by atoms with Gasteiger partial charge in [-0.05, 0) is 54.3 Å². The molecule has 32 heavy (non-hydrogen) atoms. The third-order valence-corrected chi connectivity index (χ3v) is 5.70. The summed E-state index contributed by atoms with van der Waals surface area (Å²) in [5, 5.41) is 1.38. The number of benzene rings is 3. The van der Waals surface area contributed by atoms with Crippen LogP contribution in [0, 0.1) is 5.82 Å². The molecule has 0 atom stereocenters. The van der Waals surface area contributed by atoms with E-state index in [1.165, 1.54) is 12.1 Å². The number of pyridine rings is 1. The van der Waals surface area contributed by atoms with E-state index < -0.39 is 0 Å². The molecule has 5 rings (SSSR count). The maximum atomic E-state index is 13.9. The molecular weight excluding hydrogens is 405 g/mol. The molecule has 0 amide bonds. The number of halogens is 1. The first-order valence-electron chi connectivity index (χ1n) is 10.9. The molecule has 0 N–H and O–H groups in total. The van der Waals surface area contributed by atoms with Crippen LogP contribution in [0.5, 0.6) is 5.75 Å². The highest BCUT2D eigenvalue weighted by Gasteiger charge is 2.26. The van der Waals surface area contributed by atoms with Gasteiger partial charge >= 0.3 is 0 Å². The van der Waals surface area contributed by atoms with E-state index in [1.54, 1.807) is 16.7 Å². The lowest BCUT2D eigenvalue weighted by atomic mass is 10.00. The Bertz CT molecular complexity index is 1300. The molecule has 1 saturated carbocycles. The van der Waals surface area contributed by atoms with Crippen molar-refractivity contribution in [2.75, 3.05) is 13.2 Å². The summed E-state index contributed by atoms with van der Waals surface area (Å²) in [7, 11) is 0. The minimum atomic E-state index is -0.303. The van der Waals surface area contributed by atoms with Crippen molar-refractivity contribution in [3.05, 3.63) is 101 Å². The fourth-order valence-corrected chi connectivity index (χ4v) is 3.92. The van der Waals surface area contributed by atoms with E-state index in [0.717, 1.165) is 34.9 Å². The largest absolute Gasteiger partial charge is 0.491 e. The summed E-state index contributed by atoms with van der Waals surface area (Å²) >= 11 is 0. The average Bonchev–Trinajstić information content (AvgIpc) is 3.65. The highest BCUT2D eigenvalue weighted by Crippen LogP contribution is 2.37. The normalized spacial score (nSPS) is 13.4. The number of hydrogen-bond donors (Lipinski definition) is 0. The highest BCUT2D eigenvalue weighted by molar-refractivity contribution is 5.96. The molecule has 1 fully saturated rings. The first kappa shape index (κ1) is 20.5. The Hall–Kier alpha value is -3.44. The van der Waals surface area contributed by atoms with Crippen LogP contribution in [-0.4, -0.2) is 17.8 Å². The Labute approximate surface area is 185 Å². The van der Waals surface area contributed by atoms with E-state index in [0.29, 0.717) is 31.0 Å². The molecule has 1 aromatic heterocycles. The Kier molecular flexibility index (Phi) is 5.73. The standard InChI is InChI=1S/C27H24FNO3/c28-21-8-4-7-20(15-21)26-17-29(22-9-10-22)27(30)24-12-11-23(16-25(24)26)32-14-13-31-18-19-5-2-1-3-6-19/h1-8,11-12,15-17,22H,9-10,13-14,18H2. The number of hydrogen-bond acceptors (Lipinski definition) is 3. The van der Waals surface area contributed by atoms with Gasteiger partial charge in [-0.3, -0.25) is 4.79 Å². The van der Waals surface area contributed by atoms with Crippen molar-refractivity contribution in [1.82, 2.24) is 4.57 Å². The number of fused-ring (bicyclic) bond motifs is 1. The lowest BCUT2D eigenvalue weighted by Crippen LogP contribution is -2.19. The summed E-state index contributed by atoms with van der Waals surface area (Å²) in [6.45, 7) is 1.38. The van der Waals surface area contributed by atoms with Crippen LogP contribution >= 0.6 is 0 Å². The summed E-state index contributed by atoms with van der Waals surface area (Å²) in [4.78, 5) is 13.0. The van der Waals surface area contributed by atoms with Crippen LogP contribution < -0.4 is 10.3 Å². The molecule has 5 heteroatoms. The summed E-state index contributed by atoms with van der Waals surface area (Å²) < 4.78 is 27.3. The number of rotatable bonds is 8. The zero-order chi connectivity index (χ0) is 21.9. The molecule has 1 heterocycles. The van der Waals surface area contributed by atoms with Gasteiger partial charge in [-0.15, -0.1) is 0 Å². The molecule has 1 aliphatic carbocycles. The molecule has 4 nitrogen and oxygen atoms in total. The van der Waals surface area contributed by atoms with Gasteiger partial charge in [0, 0.05) is 28.6 Å². The minimum Gasteiger partial charge on any atom is -0.491 e. The predicted octanol–water partition coefficient (Wildman–Crippen LogP) is 5.74. The number of nitrogens with zero attached hydrogens (tertiary/aromatic N) is 1. The van der Waals surface area contributed by atoms with E-state index in [1.807, 2.05) is 54.7 Å². The first-order valence-corrected chi connectivity index (χ1v) is 10.9. The van der Waals surface area contributed by atoms with Crippen LogP contribution in [0.15, 0.2) is 83.8 Å². The van der Waals surface area contributed by atoms with Gasteiger partial charge < -0.3 is 14.0 Å². The predicted molar refractivity (Wildman–Crippen MR) is 123 cm³/mol. The highest BCUT2D eigenvalue weighted by atomic mass is 19.1. The third kappa shape index (κ3) is 4.43. The van der Waals surface area contributed by atoms with Crippen LogP contribution in [0.1, 0.15) is 24.4 Å². The zero-order valence-electron chi connectivity index (χ0n) is 17.7. The third-order valence-electron chi connectivity index (χ3n) is 5.70. The van der Waals surface area contributed by atoms with Crippen molar-refractivity contribution in [2.45, 2.75) is 25.5 Å². The molecule has 1 aliphatic rings. The van der Waals surface area contributed by atoms with Gasteiger partial charge in [-0.1, -0.05) is 42.5 Å². The topological polar surface area (TPSA) is 40.5 Å². The molecule has 162 valence electrons. The van der Waals surface area contributed by atoms with Crippen molar-refractivity contribution in [2.24, 2.45) is 0 Å². The Morgan fingerprint density at radius 1 is 0.906 bits per heavy atom. The maximum absolute atomic E-state index is 13.9. The first-order chi connectivity index (χ1) is 15.7. The number of aromatic nitrogens is 1. The van der Waals surface area contributed by atoms with E-state index >= 15 is 0 Å². The monoisotopic (exact) mass is 429 g/mol. The SMILES string of the molecule is O=c1c2ccc(OCCOCc3ccccc3)cc2c(-c2cccc(F)c2)cn1C1CC1. The van der Waals surface area contributed by atoms with Crippen molar-refractivity contribution >= 4 is 10.8 Å². The molecule has 0 unspecified atom stereocenters. The van der Waals surface area contributed by atoms with Gasteiger partial charge in [0.1, 0.15) is 18.2 Å². The average molecular weight is 429 g/mol. The second kappa shape index (κ2) is 8.97. The Balaban J connectivity index is 1.39. The fraction of sp³-hybridized carbons (Fsp3) is 0.222. The van der Waals surface area contributed by atoms with Crippen LogP contribution in [0.2, 0.25) is 0 Å². The minimum absolute atomic E-state index is 0.0135. The van der Waals surface area contributed by atoms with Crippen LogP contribution in [0.25, 0.3) is 21.9 Å². The van der Waals surface area contributed by atoms with E-state index in [4.69, 9.17) is 9.47 Å². The summed E-state index contributed by atoms with van der Waals surface area (Å²) in [5.41, 5.74) is 2.68. The van der Waals surface area contributed by atoms with Crippen molar-refractivity contribution in [3.8, 4) is 16.9 Å².